The van der Waals surface area contributed by atoms with E-state index in [4.69, 9.17) is 0 Å². The molecule has 1 aromatic carbocycles. The molecule has 0 saturated heterocycles. The van der Waals surface area contributed by atoms with Crippen molar-refractivity contribution in [2.24, 2.45) is 0 Å². The largest absolute Gasteiger partial charge is 0.306 e. The number of carbonyl (C=O) groups is 1. The first kappa shape index (κ1) is 20.8. The van der Waals surface area contributed by atoms with E-state index in [1.54, 1.807) is 23.9 Å². The van der Waals surface area contributed by atoms with Crippen LogP contribution in [0.15, 0.2) is 34.8 Å². The molecular weight excluding hydrogens is 417 g/mol. The van der Waals surface area contributed by atoms with Crippen LogP contribution >= 0.6 is 34.9 Å². The van der Waals surface area contributed by atoms with Crippen LogP contribution in [0, 0.1) is 12.7 Å². The Balaban J connectivity index is 1.51. The summed E-state index contributed by atoms with van der Waals surface area (Å²) in [6, 6.07) is 6.52. The Morgan fingerprint density at radius 3 is 2.71 bits per heavy atom. The molecule has 1 N–H and O–H groups in total. The van der Waals surface area contributed by atoms with Gasteiger partial charge in [0.1, 0.15) is 11.6 Å². The number of amides is 1. The summed E-state index contributed by atoms with van der Waals surface area (Å²) < 4.78 is 15.0. The third-order valence-corrected chi connectivity index (χ3v) is 6.56. The highest BCUT2D eigenvalue weighted by Gasteiger charge is 2.14. The minimum absolute atomic E-state index is 0.114. The summed E-state index contributed by atoms with van der Waals surface area (Å²) in [6.45, 7) is 4.65. The number of hydrogen-bond acceptors (Lipinski definition) is 7. The standard InChI is InChI=1S/C18H20FN5OS3/c1-3-24-15(10-26-9-13-4-6-14(19)7-5-13)22-23-18(24)28-11-16(25)21-17-20-12(2)8-27-17/h4-8H,3,9-11H2,1-2H3,(H,20,21,25). The van der Waals surface area contributed by atoms with E-state index < -0.39 is 0 Å². The summed E-state index contributed by atoms with van der Waals surface area (Å²) >= 11 is 4.47. The zero-order chi connectivity index (χ0) is 19.9. The van der Waals surface area contributed by atoms with Gasteiger partial charge in [0.25, 0.3) is 0 Å². The van der Waals surface area contributed by atoms with Crippen LogP contribution in [0.2, 0.25) is 0 Å². The molecule has 0 atom stereocenters. The molecule has 148 valence electrons. The second kappa shape index (κ2) is 10.0. The van der Waals surface area contributed by atoms with Gasteiger partial charge < -0.3 is 9.88 Å². The Hall–Kier alpha value is -1.91. The van der Waals surface area contributed by atoms with Crippen molar-refractivity contribution in [3.05, 3.63) is 52.5 Å². The average molecular weight is 438 g/mol. The molecule has 6 nitrogen and oxygen atoms in total. The van der Waals surface area contributed by atoms with Crippen LogP contribution in [0.1, 0.15) is 24.0 Å². The van der Waals surface area contributed by atoms with Crippen molar-refractivity contribution in [3.63, 3.8) is 0 Å². The van der Waals surface area contributed by atoms with Gasteiger partial charge in [-0.2, -0.15) is 0 Å². The summed E-state index contributed by atoms with van der Waals surface area (Å²) in [6.07, 6.45) is 0. The average Bonchev–Trinajstić information content (AvgIpc) is 3.27. The van der Waals surface area contributed by atoms with E-state index in [0.29, 0.717) is 10.9 Å². The number of aryl methyl sites for hydroxylation is 1. The van der Waals surface area contributed by atoms with E-state index in [0.717, 1.165) is 34.5 Å². The Labute approximate surface area is 175 Å². The fourth-order valence-corrected chi connectivity index (χ4v) is 4.84. The van der Waals surface area contributed by atoms with E-state index >= 15 is 0 Å². The van der Waals surface area contributed by atoms with Crippen LogP contribution in [0.5, 0.6) is 0 Å². The predicted octanol–water partition coefficient (Wildman–Crippen LogP) is 4.37. The van der Waals surface area contributed by atoms with E-state index in [-0.39, 0.29) is 17.5 Å². The molecular formula is C18H20FN5OS3. The minimum Gasteiger partial charge on any atom is -0.306 e. The monoisotopic (exact) mass is 437 g/mol. The number of nitrogens with zero attached hydrogens (tertiary/aromatic N) is 4. The number of anilines is 1. The second-order valence-electron chi connectivity index (χ2n) is 5.89. The van der Waals surface area contributed by atoms with Crippen LogP contribution in [-0.4, -0.2) is 31.4 Å². The number of carbonyl (C=O) groups excluding carboxylic acids is 1. The molecule has 0 fully saturated rings. The van der Waals surface area contributed by atoms with Gasteiger partial charge in [0, 0.05) is 17.7 Å². The molecule has 2 aromatic heterocycles. The maximum absolute atomic E-state index is 13.0. The summed E-state index contributed by atoms with van der Waals surface area (Å²) in [5, 5.41) is 14.5. The molecule has 3 rings (SSSR count). The molecule has 0 bridgehead atoms. The molecule has 2 heterocycles. The summed E-state index contributed by atoms with van der Waals surface area (Å²) in [5.74, 6) is 2.25. The topological polar surface area (TPSA) is 72.7 Å². The lowest BCUT2D eigenvalue weighted by atomic mass is 10.2. The molecule has 0 aliphatic carbocycles. The molecule has 28 heavy (non-hydrogen) atoms. The first-order valence-electron chi connectivity index (χ1n) is 8.64. The first-order chi connectivity index (χ1) is 13.5. The number of thioether (sulfide) groups is 2. The van der Waals surface area contributed by atoms with Crippen molar-refractivity contribution >= 4 is 45.9 Å². The minimum atomic E-state index is -0.227. The van der Waals surface area contributed by atoms with Crippen LogP contribution in [0.3, 0.4) is 0 Å². The summed E-state index contributed by atoms with van der Waals surface area (Å²) in [7, 11) is 0. The first-order valence-corrected chi connectivity index (χ1v) is 11.7. The fourth-order valence-electron chi connectivity index (χ4n) is 2.39. The van der Waals surface area contributed by atoms with Gasteiger partial charge in [0.15, 0.2) is 10.3 Å². The molecule has 1 amide bonds. The lowest BCUT2D eigenvalue weighted by Gasteiger charge is -2.07. The van der Waals surface area contributed by atoms with E-state index in [9.17, 15) is 9.18 Å². The number of nitrogens with one attached hydrogen (secondary N) is 1. The maximum Gasteiger partial charge on any atom is 0.236 e. The second-order valence-corrected chi connectivity index (χ2v) is 8.68. The number of rotatable bonds is 9. The quantitative estimate of drug-likeness (QED) is 0.501. The Kier molecular flexibility index (Phi) is 7.46. The van der Waals surface area contributed by atoms with Gasteiger partial charge in [-0.25, -0.2) is 9.37 Å². The lowest BCUT2D eigenvalue weighted by Crippen LogP contribution is -2.14. The van der Waals surface area contributed by atoms with Gasteiger partial charge in [0.2, 0.25) is 5.91 Å². The molecule has 0 saturated carbocycles. The number of aromatic nitrogens is 4. The van der Waals surface area contributed by atoms with E-state index in [1.807, 2.05) is 23.8 Å². The Bertz CT molecular complexity index is 926. The van der Waals surface area contributed by atoms with Gasteiger partial charge in [0.05, 0.1) is 17.2 Å². The third kappa shape index (κ3) is 5.79. The number of benzene rings is 1. The SMILES string of the molecule is CCn1c(CSCc2ccc(F)cc2)nnc1SCC(=O)Nc1nc(C)cs1. The van der Waals surface area contributed by atoms with Crippen molar-refractivity contribution < 1.29 is 9.18 Å². The van der Waals surface area contributed by atoms with Crippen molar-refractivity contribution in [3.8, 4) is 0 Å². The van der Waals surface area contributed by atoms with Gasteiger partial charge in [-0.05, 0) is 31.5 Å². The Morgan fingerprint density at radius 1 is 1.25 bits per heavy atom. The molecule has 0 radical (unpaired) electrons. The van der Waals surface area contributed by atoms with Crippen LogP contribution in [-0.2, 0) is 22.8 Å². The predicted molar refractivity (Wildman–Crippen MR) is 113 cm³/mol. The molecule has 0 spiro atoms. The van der Waals surface area contributed by atoms with E-state index in [2.05, 4.69) is 20.5 Å². The van der Waals surface area contributed by atoms with Crippen LogP contribution in [0.4, 0.5) is 9.52 Å². The number of thiazole rings is 1. The van der Waals surface area contributed by atoms with Crippen molar-refractivity contribution in [2.75, 3.05) is 11.1 Å². The summed E-state index contributed by atoms with van der Waals surface area (Å²) in [5.41, 5.74) is 1.96. The van der Waals surface area contributed by atoms with Crippen LogP contribution in [0.25, 0.3) is 0 Å². The highest BCUT2D eigenvalue weighted by atomic mass is 32.2. The number of halogens is 1. The van der Waals surface area contributed by atoms with Gasteiger partial charge in [-0.1, -0.05) is 23.9 Å². The lowest BCUT2D eigenvalue weighted by molar-refractivity contribution is -0.113. The van der Waals surface area contributed by atoms with Crippen molar-refractivity contribution in [1.82, 2.24) is 19.7 Å². The molecule has 0 unspecified atom stereocenters. The van der Waals surface area contributed by atoms with Crippen molar-refractivity contribution in [2.45, 2.75) is 37.1 Å². The highest BCUT2D eigenvalue weighted by Crippen LogP contribution is 2.22. The van der Waals surface area contributed by atoms with Crippen LogP contribution < -0.4 is 5.32 Å². The maximum atomic E-state index is 13.0. The smallest absolute Gasteiger partial charge is 0.236 e. The fraction of sp³-hybridized carbons (Fsp3) is 0.333. The zero-order valence-corrected chi connectivity index (χ0v) is 18.0. The highest BCUT2D eigenvalue weighted by molar-refractivity contribution is 7.99. The molecule has 10 heteroatoms. The Morgan fingerprint density at radius 2 is 2.04 bits per heavy atom. The molecule has 3 aromatic rings. The molecule has 0 aliphatic rings. The zero-order valence-electron chi connectivity index (χ0n) is 15.5. The number of hydrogen-bond donors (Lipinski definition) is 1. The van der Waals surface area contributed by atoms with Gasteiger partial charge in [-0.15, -0.1) is 33.3 Å². The van der Waals surface area contributed by atoms with E-state index in [1.165, 1.54) is 35.2 Å². The molecule has 0 aliphatic heterocycles. The van der Waals surface area contributed by atoms with Crippen molar-refractivity contribution in [1.29, 1.82) is 0 Å². The van der Waals surface area contributed by atoms with Gasteiger partial charge >= 0.3 is 0 Å². The normalized spacial score (nSPS) is 11.0. The summed E-state index contributed by atoms with van der Waals surface area (Å²) in [4.78, 5) is 16.3. The third-order valence-electron chi connectivity index (χ3n) is 3.72. The van der Waals surface area contributed by atoms with Gasteiger partial charge in [-0.3, -0.25) is 4.79 Å².